The predicted molar refractivity (Wildman–Crippen MR) is 192 cm³/mol. The number of allylic oxidation sites excluding steroid dienone is 1. The lowest BCUT2D eigenvalue weighted by molar-refractivity contribution is -0.157. The van der Waals surface area contributed by atoms with E-state index in [4.69, 9.17) is 5.10 Å². The highest BCUT2D eigenvalue weighted by atomic mass is 16.3. The zero-order valence-electron chi connectivity index (χ0n) is 28.0. The number of aromatic nitrogens is 2. The van der Waals surface area contributed by atoms with E-state index in [9.17, 15) is 19.5 Å². The summed E-state index contributed by atoms with van der Waals surface area (Å²) in [5.41, 5.74) is 5.75. The normalized spacial score (nSPS) is 16.9. The summed E-state index contributed by atoms with van der Waals surface area (Å²) in [6.45, 7) is 5.28. The van der Waals surface area contributed by atoms with Gasteiger partial charge in [-0.15, -0.1) is 6.58 Å². The average molecular weight is 674 g/mol. The van der Waals surface area contributed by atoms with Crippen LogP contribution in [0.25, 0.3) is 6.08 Å². The Hall–Kier alpha value is -5.68. The molecule has 1 aliphatic heterocycles. The van der Waals surface area contributed by atoms with Crippen molar-refractivity contribution >= 4 is 23.9 Å². The Morgan fingerprint density at radius 1 is 0.940 bits per heavy atom. The number of urea groups is 1. The van der Waals surface area contributed by atoms with Crippen LogP contribution in [0.2, 0.25) is 0 Å². The number of amides is 4. The molecule has 4 aromatic rings. The fourth-order valence-electron chi connectivity index (χ4n) is 6.56. The lowest BCUT2D eigenvalue weighted by atomic mass is 9.98. The lowest BCUT2D eigenvalue weighted by Gasteiger charge is -2.46. The molecular formula is C39H43N7O4. The molecule has 0 saturated carbocycles. The number of hydrogen-bond acceptors (Lipinski definition) is 6. The van der Waals surface area contributed by atoms with Crippen molar-refractivity contribution in [2.75, 3.05) is 19.6 Å². The monoisotopic (exact) mass is 673 g/mol. The highest BCUT2D eigenvalue weighted by Crippen LogP contribution is 2.28. The number of piperazine rings is 1. The first-order valence-corrected chi connectivity index (χ1v) is 17.0. The number of rotatable bonds is 13. The second-order valence-corrected chi connectivity index (χ2v) is 12.5. The van der Waals surface area contributed by atoms with Crippen molar-refractivity contribution in [3.8, 4) is 5.75 Å². The van der Waals surface area contributed by atoms with Crippen molar-refractivity contribution in [2.24, 2.45) is 0 Å². The van der Waals surface area contributed by atoms with Crippen LogP contribution >= 0.6 is 0 Å². The maximum atomic E-state index is 14.5. The lowest BCUT2D eigenvalue weighted by Crippen LogP contribution is -2.69. The van der Waals surface area contributed by atoms with E-state index < -0.39 is 18.2 Å². The molecule has 0 bridgehead atoms. The number of carbonyl (C=O) groups excluding carboxylic acids is 3. The highest BCUT2D eigenvalue weighted by molar-refractivity contribution is 5.91. The molecule has 4 N–H and O–H groups in total. The van der Waals surface area contributed by atoms with Crippen LogP contribution in [0.3, 0.4) is 0 Å². The number of nitrogens with one attached hydrogen (secondary N) is 3. The number of fused-ring (bicyclic) bond motifs is 1. The van der Waals surface area contributed by atoms with Crippen molar-refractivity contribution < 1.29 is 19.5 Å². The number of nitrogens with zero attached hydrogens (tertiary/aromatic N) is 4. The zero-order valence-corrected chi connectivity index (χ0v) is 28.0. The first-order valence-electron chi connectivity index (χ1n) is 17.0. The van der Waals surface area contributed by atoms with Gasteiger partial charge in [0.2, 0.25) is 11.8 Å². The van der Waals surface area contributed by atoms with Crippen molar-refractivity contribution in [3.63, 3.8) is 0 Å². The molecule has 2 aliphatic rings. The molecular weight excluding hydrogens is 630 g/mol. The first-order chi connectivity index (χ1) is 24.4. The van der Waals surface area contributed by atoms with Gasteiger partial charge in [0, 0.05) is 25.1 Å². The zero-order chi connectivity index (χ0) is 34.9. The van der Waals surface area contributed by atoms with E-state index in [0.717, 1.165) is 46.5 Å². The molecule has 2 heterocycles. The van der Waals surface area contributed by atoms with E-state index in [1.165, 1.54) is 4.90 Å². The Balaban J connectivity index is 1.31. The molecule has 0 spiro atoms. The van der Waals surface area contributed by atoms with Gasteiger partial charge in [0.15, 0.2) is 0 Å². The minimum atomic E-state index is -0.923. The number of carbonyl (C=O) groups is 3. The molecule has 1 fully saturated rings. The van der Waals surface area contributed by atoms with Crippen molar-refractivity contribution in [3.05, 3.63) is 137 Å². The Kier molecular flexibility index (Phi) is 11.0. The van der Waals surface area contributed by atoms with E-state index in [1.54, 1.807) is 35.2 Å². The maximum Gasteiger partial charge on any atom is 0.316 e. The van der Waals surface area contributed by atoms with Crippen LogP contribution in [-0.4, -0.2) is 74.4 Å². The number of phenols is 1. The summed E-state index contributed by atoms with van der Waals surface area (Å²) in [6, 6.07) is 24.9. The van der Waals surface area contributed by atoms with E-state index >= 15 is 0 Å². The molecule has 6 rings (SSSR count). The van der Waals surface area contributed by atoms with Gasteiger partial charge in [0.1, 0.15) is 18.0 Å². The highest BCUT2D eigenvalue weighted by Gasteiger charge is 2.44. The molecule has 50 heavy (non-hydrogen) atoms. The van der Waals surface area contributed by atoms with Gasteiger partial charge in [-0.1, -0.05) is 84.9 Å². The molecule has 1 aromatic heterocycles. The van der Waals surface area contributed by atoms with Crippen molar-refractivity contribution in [1.29, 1.82) is 0 Å². The SMILES string of the molecule is C=CCNCC(=O)N1[C@@H](NC(=O)NCc2ccccc2)CN(Cc2nn(Cc3ccccc3)c3c2CCC=C3)C(=O)[C@@H]1Cc1ccc(O)cc1. The Labute approximate surface area is 292 Å². The second-order valence-electron chi connectivity index (χ2n) is 12.5. The molecule has 1 saturated heterocycles. The number of benzene rings is 3. The van der Waals surface area contributed by atoms with Gasteiger partial charge >= 0.3 is 6.03 Å². The van der Waals surface area contributed by atoms with E-state index in [1.807, 2.05) is 53.2 Å². The first kappa shape index (κ1) is 34.2. The third kappa shape index (κ3) is 8.30. The molecule has 258 valence electrons. The maximum absolute atomic E-state index is 14.5. The summed E-state index contributed by atoms with van der Waals surface area (Å²) in [4.78, 5) is 45.0. The smallest absolute Gasteiger partial charge is 0.316 e. The predicted octanol–water partition coefficient (Wildman–Crippen LogP) is 3.98. The van der Waals surface area contributed by atoms with Crippen LogP contribution in [0.1, 0.15) is 40.1 Å². The number of aromatic hydroxyl groups is 1. The Morgan fingerprint density at radius 3 is 2.38 bits per heavy atom. The van der Waals surface area contributed by atoms with Crippen LogP contribution < -0.4 is 16.0 Å². The van der Waals surface area contributed by atoms with Crippen LogP contribution in [0.15, 0.2) is 104 Å². The standard InChI is InChI=1S/C39H43N7O4/c1-2-21-40-24-37(48)46-35(22-28-17-19-31(47)20-18-28)38(49)44(27-36(46)42-39(50)41-23-29-11-5-3-6-12-29)26-33-32-15-9-10-16-34(32)45(43-33)25-30-13-7-4-8-14-30/h2-8,10-14,16-20,35-36,40,47H,1,9,15,21-27H2,(H2,41,42,50)/t35-,36+/m0/s1. The molecule has 11 heteroatoms. The van der Waals surface area contributed by atoms with Crippen LogP contribution in [0, 0.1) is 0 Å². The Bertz CT molecular complexity index is 1820. The summed E-state index contributed by atoms with van der Waals surface area (Å²) >= 11 is 0. The summed E-state index contributed by atoms with van der Waals surface area (Å²) < 4.78 is 1.99. The molecule has 3 aromatic carbocycles. The fourth-order valence-corrected chi connectivity index (χ4v) is 6.56. The fraction of sp³-hybridized carbons (Fsp3) is 0.282. The third-order valence-electron chi connectivity index (χ3n) is 9.00. The Morgan fingerprint density at radius 2 is 1.66 bits per heavy atom. The van der Waals surface area contributed by atoms with Gasteiger partial charge in [-0.2, -0.15) is 5.10 Å². The third-order valence-corrected chi connectivity index (χ3v) is 9.00. The van der Waals surface area contributed by atoms with Crippen LogP contribution in [-0.2, 0) is 42.1 Å². The molecule has 2 atom stereocenters. The quantitative estimate of drug-likeness (QED) is 0.126. The molecule has 4 amide bonds. The van der Waals surface area contributed by atoms with Gasteiger partial charge in [-0.3, -0.25) is 14.3 Å². The summed E-state index contributed by atoms with van der Waals surface area (Å²) in [5, 5.41) is 23.9. The van der Waals surface area contributed by atoms with Crippen molar-refractivity contribution in [2.45, 2.75) is 51.1 Å². The molecule has 0 unspecified atom stereocenters. The van der Waals surface area contributed by atoms with Crippen LogP contribution in [0.5, 0.6) is 5.75 Å². The molecule has 1 aliphatic carbocycles. The topological polar surface area (TPSA) is 132 Å². The molecule has 0 radical (unpaired) electrons. The van der Waals surface area contributed by atoms with Crippen LogP contribution in [0.4, 0.5) is 4.79 Å². The number of hydrogen-bond donors (Lipinski definition) is 4. The van der Waals surface area contributed by atoms with Gasteiger partial charge in [0.05, 0.1) is 37.6 Å². The van der Waals surface area contributed by atoms with Gasteiger partial charge < -0.3 is 30.9 Å². The second kappa shape index (κ2) is 16.1. The van der Waals surface area contributed by atoms with Crippen molar-refractivity contribution in [1.82, 2.24) is 35.5 Å². The van der Waals surface area contributed by atoms with E-state index in [-0.39, 0.29) is 43.6 Å². The average Bonchev–Trinajstić information content (AvgIpc) is 3.47. The van der Waals surface area contributed by atoms with Gasteiger partial charge in [0.25, 0.3) is 0 Å². The largest absolute Gasteiger partial charge is 0.508 e. The minimum Gasteiger partial charge on any atom is -0.508 e. The molecule has 11 nitrogen and oxygen atoms in total. The van der Waals surface area contributed by atoms with E-state index in [2.05, 4.69) is 46.8 Å². The minimum absolute atomic E-state index is 0.0427. The van der Waals surface area contributed by atoms with Gasteiger partial charge in [-0.25, -0.2) is 4.79 Å². The summed E-state index contributed by atoms with van der Waals surface area (Å²) in [5.74, 6) is -0.464. The van der Waals surface area contributed by atoms with Gasteiger partial charge in [-0.05, 0) is 47.7 Å². The summed E-state index contributed by atoms with van der Waals surface area (Å²) in [6.07, 6.45) is 6.94. The summed E-state index contributed by atoms with van der Waals surface area (Å²) in [7, 11) is 0. The van der Waals surface area contributed by atoms with E-state index in [0.29, 0.717) is 19.6 Å². The number of phenolic OH excluding ortho intramolecular Hbond substituents is 1.